The quantitative estimate of drug-likeness (QED) is 0.309. The highest BCUT2D eigenvalue weighted by molar-refractivity contribution is 7.99. The Morgan fingerprint density at radius 2 is 1.86 bits per heavy atom. The average Bonchev–Trinajstić information content (AvgIpc) is 3.32. The number of nitrogens with one attached hydrogen (secondary N) is 1. The normalized spacial score (nSPS) is 12.6. The lowest BCUT2D eigenvalue weighted by Gasteiger charge is -2.20. The molecule has 0 aliphatic rings. The zero-order chi connectivity index (χ0) is 27.0. The van der Waals surface area contributed by atoms with Gasteiger partial charge in [-0.25, -0.2) is 8.42 Å². The van der Waals surface area contributed by atoms with E-state index in [9.17, 15) is 13.2 Å². The molecule has 0 radical (unpaired) electrons. The van der Waals surface area contributed by atoms with Gasteiger partial charge < -0.3 is 10.1 Å². The molecule has 1 amide bonds. The molecule has 0 saturated heterocycles. The van der Waals surface area contributed by atoms with Gasteiger partial charge in [0.15, 0.2) is 11.0 Å². The van der Waals surface area contributed by atoms with E-state index in [1.807, 2.05) is 37.5 Å². The number of rotatable bonds is 13. The van der Waals surface area contributed by atoms with E-state index in [0.29, 0.717) is 47.8 Å². The van der Waals surface area contributed by atoms with Crippen molar-refractivity contribution in [2.75, 3.05) is 32.6 Å². The summed E-state index contributed by atoms with van der Waals surface area (Å²) < 4.78 is 34.8. The van der Waals surface area contributed by atoms with Crippen LogP contribution in [0.15, 0.2) is 58.6 Å². The number of sulfonamides is 1. The van der Waals surface area contributed by atoms with Crippen LogP contribution in [-0.4, -0.2) is 66.0 Å². The largest absolute Gasteiger partial charge is 0.383 e. The number of hydrogen-bond donors (Lipinski definition) is 1. The molecule has 37 heavy (non-hydrogen) atoms. The van der Waals surface area contributed by atoms with Crippen LogP contribution in [-0.2, 0) is 26.1 Å². The summed E-state index contributed by atoms with van der Waals surface area (Å²) in [6.45, 7) is 7.11. The number of aromatic nitrogens is 3. The van der Waals surface area contributed by atoms with Crippen molar-refractivity contribution in [1.29, 1.82) is 0 Å². The number of methoxy groups -OCH3 is 1. The van der Waals surface area contributed by atoms with Crippen LogP contribution in [0.2, 0.25) is 5.02 Å². The van der Waals surface area contributed by atoms with Crippen LogP contribution in [0.3, 0.4) is 0 Å². The number of benzene rings is 2. The molecule has 1 atom stereocenters. The summed E-state index contributed by atoms with van der Waals surface area (Å²) in [4.78, 5) is 12.7. The Morgan fingerprint density at radius 3 is 2.51 bits per heavy atom. The first-order valence-corrected chi connectivity index (χ1v) is 14.7. The second-order valence-corrected chi connectivity index (χ2v) is 11.6. The molecule has 0 fully saturated rings. The standard InChI is InChI=1S/C25H32ClN5O4S2/c1-5-30(6-2)37(33,34)22-9-7-8-20(14-22)24-28-29-25(31(24)18(3)16-35-4)36-17-23(32)27-15-19-10-12-21(26)13-11-19/h7-14,18H,5-6,15-17H2,1-4H3,(H,27,32)/t18-/m1/s1. The highest BCUT2D eigenvalue weighted by Crippen LogP contribution is 2.30. The molecular weight excluding hydrogens is 534 g/mol. The molecule has 0 bridgehead atoms. The van der Waals surface area contributed by atoms with Crippen LogP contribution < -0.4 is 5.32 Å². The number of carbonyl (C=O) groups is 1. The van der Waals surface area contributed by atoms with E-state index in [-0.39, 0.29) is 22.6 Å². The number of thioether (sulfide) groups is 1. The summed E-state index contributed by atoms with van der Waals surface area (Å²) in [6.07, 6.45) is 0. The van der Waals surface area contributed by atoms with Crippen molar-refractivity contribution in [2.24, 2.45) is 0 Å². The molecule has 2 aromatic carbocycles. The Morgan fingerprint density at radius 1 is 1.16 bits per heavy atom. The van der Waals surface area contributed by atoms with Crippen molar-refractivity contribution in [3.8, 4) is 11.4 Å². The summed E-state index contributed by atoms with van der Waals surface area (Å²) in [6, 6.07) is 13.8. The molecule has 0 spiro atoms. The molecule has 200 valence electrons. The van der Waals surface area contributed by atoms with Crippen molar-refractivity contribution in [2.45, 2.75) is 43.4 Å². The minimum atomic E-state index is -3.64. The molecule has 0 saturated carbocycles. The smallest absolute Gasteiger partial charge is 0.243 e. The van der Waals surface area contributed by atoms with Crippen molar-refractivity contribution >= 4 is 39.3 Å². The number of amides is 1. The van der Waals surface area contributed by atoms with Gasteiger partial charge in [0.05, 0.1) is 23.3 Å². The van der Waals surface area contributed by atoms with Gasteiger partial charge in [0.1, 0.15) is 0 Å². The molecule has 3 aromatic rings. The lowest BCUT2D eigenvalue weighted by atomic mass is 10.2. The van der Waals surface area contributed by atoms with Gasteiger partial charge in [-0.1, -0.05) is 61.5 Å². The minimum Gasteiger partial charge on any atom is -0.383 e. The second-order valence-electron chi connectivity index (χ2n) is 8.29. The lowest BCUT2D eigenvalue weighted by Crippen LogP contribution is -2.30. The van der Waals surface area contributed by atoms with Gasteiger partial charge in [0, 0.05) is 37.3 Å². The predicted molar refractivity (Wildman–Crippen MR) is 146 cm³/mol. The van der Waals surface area contributed by atoms with Gasteiger partial charge >= 0.3 is 0 Å². The van der Waals surface area contributed by atoms with E-state index in [1.165, 1.54) is 16.1 Å². The van der Waals surface area contributed by atoms with Gasteiger partial charge in [-0.15, -0.1) is 10.2 Å². The Kier molecular flexibility index (Phi) is 10.5. The highest BCUT2D eigenvalue weighted by Gasteiger charge is 2.24. The number of nitrogens with zero attached hydrogens (tertiary/aromatic N) is 4. The van der Waals surface area contributed by atoms with Crippen LogP contribution >= 0.6 is 23.4 Å². The maximum atomic E-state index is 13.1. The molecule has 0 unspecified atom stereocenters. The monoisotopic (exact) mass is 565 g/mol. The van der Waals surface area contributed by atoms with E-state index in [4.69, 9.17) is 16.3 Å². The third kappa shape index (κ3) is 7.32. The van der Waals surface area contributed by atoms with E-state index in [1.54, 1.807) is 43.5 Å². The van der Waals surface area contributed by atoms with Crippen LogP contribution in [0.25, 0.3) is 11.4 Å². The topological polar surface area (TPSA) is 106 Å². The van der Waals surface area contributed by atoms with Crippen molar-refractivity contribution in [3.63, 3.8) is 0 Å². The summed E-state index contributed by atoms with van der Waals surface area (Å²) in [5.41, 5.74) is 1.56. The molecule has 0 aliphatic carbocycles. The first-order valence-electron chi connectivity index (χ1n) is 11.9. The van der Waals surface area contributed by atoms with Crippen LogP contribution in [0.4, 0.5) is 0 Å². The Balaban J connectivity index is 1.82. The molecule has 1 heterocycles. The van der Waals surface area contributed by atoms with E-state index < -0.39 is 10.0 Å². The third-order valence-electron chi connectivity index (χ3n) is 5.68. The van der Waals surface area contributed by atoms with Gasteiger partial charge in [-0.05, 0) is 36.8 Å². The molecule has 1 N–H and O–H groups in total. The van der Waals surface area contributed by atoms with Gasteiger partial charge in [-0.2, -0.15) is 4.31 Å². The summed E-state index contributed by atoms with van der Waals surface area (Å²) in [7, 11) is -2.03. The summed E-state index contributed by atoms with van der Waals surface area (Å²) in [5.74, 6) is 0.495. The molecular formula is C25H32ClN5O4S2. The molecule has 12 heteroatoms. The fourth-order valence-corrected chi connectivity index (χ4v) is 6.27. The summed E-state index contributed by atoms with van der Waals surface area (Å²) >= 11 is 7.17. The predicted octanol–water partition coefficient (Wildman–Crippen LogP) is 4.24. The molecule has 3 rings (SSSR count). The third-order valence-corrected chi connectivity index (χ3v) is 8.92. The number of carbonyl (C=O) groups excluding carboxylic acids is 1. The van der Waals surface area contributed by atoms with Crippen LogP contribution in [0, 0.1) is 0 Å². The van der Waals surface area contributed by atoms with E-state index in [2.05, 4.69) is 15.5 Å². The summed E-state index contributed by atoms with van der Waals surface area (Å²) in [5, 5.41) is 12.8. The number of halogens is 1. The first kappa shape index (κ1) is 29.1. The minimum absolute atomic E-state index is 0.141. The lowest BCUT2D eigenvalue weighted by molar-refractivity contribution is -0.118. The highest BCUT2D eigenvalue weighted by atomic mass is 35.5. The Bertz CT molecular complexity index is 1290. The van der Waals surface area contributed by atoms with Gasteiger partial charge in [-0.3, -0.25) is 9.36 Å². The van der Waals surface area contributed by atoms with Crippen molar-refractivity contribution < 1.29 is 17.9 Å². The van der Waals surface area contributed by atoms with Crippen molar-refractivity contribution in [3.05, 3.63) is 59.1 Å². The zero-order valence-corrected chi connectivity index (χ0v) is 23.7. The Labute approximate surface area is 227 Å². The van der Waals surface area contributed by atoms with Crippen LogP contribution in [0.1, 0.15) is 32.4 Å². The maximum Gasteiger partial charge on any atom is 0.243 e. The van der Waals surface area contributed by atoms with Crippen LogP contribution in [0.5, 0.6) is 0 Å². The Hall–Kier alpha value is -2.44. The number of hydrogen-bond acceptors (Lipinski definition) is 7. The van der Waals surface area contributed by atoms with Gasteiger partial charge in [0.25, 0.3) is 0 Å². The average molecular weight is 566 g/mol. The van der Waals surface area contributed by atoms with E-state index >= 15 is 0 Å². The molecule has 0 aliphatic heterocycles. The van der Waals surface area contributed by atoms with Crippen molar-refractivity contribution in [1.82, 2.24) is 24.4 Å². The second kappa shape index (κ2) is 13.4. The maximum absolute atomic E-state index is 13.1. The first-order chi connectivity index (χ1) is 17.7. The van der Waals surface area contributed by atoms with E-state index in [0.717, 1.165) is 5.56 Å². The fourth-order valence-electron chi connectivity index (χ4n) is 3.78. The molecule has 1 aromatic heterocycles. The van der Waals surface area contributed by atoms with Gasteiger partial charge in [0.2, 0.25) is 15.9 Å². The fraction of sp³-hybridized carbons (Fsp3) is 0.400. The zero-order valence-electron chi connectivity index (χ0n) is 21.3. The SMILES string of the molecule is CCN(CC)S(=O)(=O)c1cccc(-c2nnc(SCC(=O)NCc3ccc(Cl)cc3)n2[C@H](C)COC)c1. The molecule has 9 nitrogen and oxygen atoms in total. The number of ether oxygens (including phenoxy) is 1.